The van der Waals surface area contributed by atoms with Crippen LogP contribution in [0.15, 0.2) is 0 Å². The van der Waals surface area contributed by atoms with Gasteiger partial charge >= 0.3 is 5.97 Å². The Morgan fingerprint density at radius 3 is 2.65 bits per heavy atom. The number of nitrogens with one attached hydrogen (secondary N) is 1. The minimum absolute atomic E-state index is 0.379. The molecule has 2 N–H and O–H groups in total. The van der Waals surface area contributed by atoms with E-state index in [4.69, 9.17) is 9.47 Å². The van der Waals surface area contributed by atoms with Crippen LogP contribution >= 0.6 is 0 Å². The van der Waals surface area contributed by atoms with Gasteiger partial charge in [0.2, 0.25) is 0 Å². The molecule has 17 heavy (non-hydrogen) atoms. The quantitative estimate of drug-likeness (QED) is 0.563. The first-order chi connectivity index (χ1) is 8.08. The average Bonchev–Trinajstić information content (AvgIpc) is 3.07. The molecule has 5 nitrogen and oxygen atoms in total. The van der Waals surface area contributed by atoms with Crippen LogP contribution in [-0.4, -0.2) is 49.6 Å². The molecule has 1 atom stereocenters. The van der Waals surface area contributed by atoms with E-state index in [-0.39, 0.29) is 0 Å². The Bertz CT molecular complexity index is 243. The highest BCUT2D eigenvalue weighted by Crippen LogP contribution is 2.24. The largest absolute Gasteiger partial charge is 0.480 e. The van der Waals surface area contributed by atoms with Crippen LogP contribution in [0.1, 0.15) is 32.6 Å². The summed E-state index contributed by atoms with van der Waals surface area (Å²) in [6, 6.07) is 0.379. The summed E-state index contributed by atoms with van der Waals surface area (Å²) in [5, 5.41) is 12.4. The Hall–Kier alpha value is -0.650. The molecule has 1 saturated carbocycles. The molecule has 100 valence electrons. The Morgan fingerprint density at radius 2 is 2.12 bits per heavy atom. The molecule has 0 radical (unpaired) electrons. The molecule has 0 aromatic heterocycles. The van der Waals surface area contributed by atoms with Crippen molar-refractivity contribution < 1.29 is 19.4 Å². The number of carboxylic acids is 1. The summed E-state index contributed by atoms with van der Waals surface area (Å²) < 4.78 is 10.3. The number of hydrogen-bond donors (Lipinski definition) is 2. The van der Waals surface area contributed by atoms with Gasteiger partial charge in [-0.2, -0.15) is 0 Å². The predicted molar refractivity (Wildman–Crippen MR) is 64.1 cm³/mol. The summed E-state index contributed by atoms with van der Waals surface area (Å²) in [6.45, 7) is 3.49. The Labute approximate surface area is 102 Å². The second-order valence-corrected chi connectivity index (χ2v) is 4.76. The van der Waals surface area contributed by atoms with E-state index >= 15 is 0 Å². The zero-order chi connectivity index (χ0) is 12.7. The topological polar surface area (TPSA) is 67.8 Å². The number of hydrogen-bond acceptors (Lipinski definition) is 4. The van der Waals surface area contributed by atoms with Crippen LogP contribution in [0.4, 0.5) is 0 Å². The van der Waals surface area contributed by atoms with Crippen molar-refractivity contribution in [3.63, 3.8) is 0 Å². The maximum absolute atomic E-state index is 11.2. The molecule has 1 rings (SSSR count). The van der Waals surface area contributed by atoms with Gasteiger partial charge in [0.1, 0.15) is 5.54 Å². The molecule has 1 unspecified atom stereocenters. The normalized spacial score (nSPS) is 18.9. The molecular formula is C12H23NO4. The molecule has 1 aliphatic carbocycles. The molecule has 0 aromatic rings. The number of carboxylic acid groups (broad SMARTS) is 1. The van der Waals surface area contributed by atoms with Crippen LogP contribution in [0.25, 0.3) is 0 Å². The van der Waals surface area contributed by atoms with Crippen molar-refractivity contribution >= 4 is 5.97 Å². The third-order valence-corrected chi connectivity index (χ3v) is 2.96. The van der Waals surface area contributed by atoms with Gasteiger partial charge in [-0.25, -0.2) is 0 Å². The monoisotopic (exact) mass is 245 g/mol. The summed E-state index contributed by atoms with van der Waals surface area (Å²) in [6.07, 6.45) is 3.50. The van der Waals surface area contributed by atoms with Crippen molar-refractivity contribution in [2.45, 2.75) is 44.2 Å². The number of rotatable bonds is 10. The van der Waals surface area contributed by atoms with Crippen LogP contribution in [-0.2, 0) is 14.3 Å². The van der Waals surface area contributed by atoms with E-state index in [2.05, 4.69) is 5.32 Å². The van der Waals surface area contributed by atoms with Crippen molar-refractivity contribution in [2.24, 2.45) is 0 Å². The number of ether oxygens (including phenoxy) is 2. The van der Waals surface area contributed by atoms with E-state index in [0.29, 0.717) is 32.3 Å². The van der Waals surface area contributed by atoms with Gasteiger partial charge < -0.3 is 14.6 Å². The van der Waals surface area contributed by atoms with Gasteiger partial charge in [-0.05, 0) is 32.6 Å². The van der Waals surface area contributed by atoms with Gasteiger partial charge in [-0.15, -0.1) is 0 Å². The summed E-state index contributed by atoms with van der Waals surface area (Å²) in [4.78, 5) is 11.2. The zero-order valence-corrected chi connectivity index (χ0v) is 10.7. The SMILES string of the molecule is COCCCOCCC(C)(NC1CC1)C(=O)O. The summed E-state index contributed by atoms with van der Waals surface area (Å²) in [5.41, 5.74) is -0.859. The van der Waals surface area contributed by atoms with E-state index in [1.165, 1.54) is 0 Å². The average molecular weight is 245 g/mol. The van der Waals surface area contributed by atoms with Crippen LogP contribution in [0.3, 0.4) is 0 Å². The lowest BCUT2D eigenvalue weighted by Gasteiger charge is -2.26. The van der Waals surface area contributed by atoms with Gasteiger partial charge in [0.05, 0.1) is 0 Å². The van der Waals surface area contributed by atoms with E-state index in [1.54, 1.807) is 14.0 Å². The maximum atomic E-state index is 11.2. The minimum Gasteiger partial charge on any atom is -0.480 e. The third kappa shape index (κ3) is 5.48. The van der Waals surface area contributed by atoms with Gasteiger partial charge in [-0.1, -0.05) is 0 Å². The molecule has 0 saturated heterocycles. The first-order valence-electron chi connectivity index (χ1n) is 6.16. The molecule has 1 fully saturated rings. The first-order valence-corrected chi connectivity index (χ1v) is 6.16. The molecular weight excluding hydrogens is 222 g/mol. The molecule has 0 amide bonds. The molecule has 5 heteroatoms. The molecule has 0 bridgehead atoms. The standard InChI is InChI=1S/C12H23NO4/c1-12(11(14)15,13-10-4-5-10)6-9-17-8-3-7-16-2/h10,13H,3-9H2,1-2H3,(H,14,15). The van der Waals surface area contributed by atoms with Crippen molar-refractivity contribution in [3.8, 4) is 0 Å². The van der Waals surface area contributed by atoms with Gasteiger partial charge in [0.15, 0.2) is 0 Å². The lowest BCUT2D eigenvalue weighted by molar-refractivity contribution is -0.145. The van der Waals surface area contributed by atoms with Crippen molar-refractivity contribution in [3.05, 3.63) is 0 Å². The zero-order valence-electron chi connectivity index (χ0n) is 10.7. The van der Waals surface area contributed by atoms with Crippen LogP contribution < -0.4 is 5.32 Å². The molecule has 1 aliphatic rings. The highest BCUT2D eigenvalue weighted by molar-refractivity contribution is 5.78. The fraction of sp³-hybridized carbons (Fsp3) is 0.917. The van der Waals surface area contributed by atoms with Crippen molar-refractivity contribution in [2.75, 3.05) is 26.9 Å². The summed E-state index contributed by atoms with van der Waals surface area (Å²) in [5.74, 6) is -0.801. The van der Waals surface area contributed by atoms with E-state index < -0.39 is 11.5 Å². The summed E-state index contributed by atoms with van der Waals surface area (Å²) in [7, 11) is 1.65. The van der Waals surface area contributed by atoms with Crippen LogP contribution in [0, 0.1) is 0 Å². The fourth-order valence-corrected chi connectivity index (χ4v) is 1.60. The minimum atomic E-state index is -0.859. The number of methoxy groups -OCH3 is 1. The van der Waals surface area contributed by atoms with E-state index in [0.717, 1.165) is 19.3 Å². The molecule has 0 aliphatic heterocycles. The third-order valence-electron chi connectivity index (χ3n) is 2.96. The maximum Gasteiger partial charge on any atom is 0.323 e. The lowest BCUT2D eigenvalue weighted by atomic mass is 9.98. The second-order valence-electron chi connectivity index (χ2n) is 4.76. The number of carbonyl (C=O) groups is 1. The van der Waals surface area contributed by atoms with Gasteiger partial charge in [-0.3, -0.25) is 10.1 Å². The Balaban J connectivity index is 2.17. The fourth-order valence-electron chi connectivity index (χ4n) is 1.60. The Morgan fingerprint density at radius 1 is 1.41 bits per heavy atom. The van der Waals surface area contributed by atoms with Crippen LogP contribution in [0.5, 0.6) is 0 Å². The first kappa shape index (κ1) is 14.4. The highest BCUT2D eigenvalue weighted by Gasteiger charge is 2.38. The van der Waals surface area contributed by atoms with Gasteiger partial charge in [0, 0.05) is 33.0 Å². The lowest BCUT2D eigenvalue weighted by Crippen LogP contribution is -2.51. The van der Waals surface area contributed by atoms with E-state index in [1.807, 2.05) is 0 Å². The van der Waals surface area contributed by atoms with Crippen LogP contribution in [0.2, 0.25) is 0 Å². The van der Waals surface area contributed by atoms with E-state index in [9.17, 15) is 9.90 Å². The molecule has 0 heterocycles. The highest BCUT2D eigenvalue weighted by atomic mass is 16.5. The second kappa shape index (κ2) is 6.93. The summed E-state index contributed by atoms with van der Waals surface area (Å²) >= 11 is 0. The molecule has 0 aromatic carbocycles. The molecule has 0 spiro atoms. The Kier molecular flexibility index (Phi) is 5.88. The van der Waals surface area contributed by atoms with Crippen molar-refractivity contribution in [1.29, 1.82) is 0 Å². The number of aliphatic carboxylic acids is 1. The predicted octanol–water partition coefficient (Wildman–Crippen LogP) is 1.02. The van der Waals surface area contributed by atoms with Crippen molar-refractivity contribution in [1.82, 2.24) is 5.32 Å². The van der Waals surface area contributed by atoms with Gasteiger partial charge in [0.25, 0.3) is 0 Å². The smallest absolute Gasteiger partial charge is 0.323 e.